The van der Waals surface area contributed by atoms with Crippen LogP contribution in [0.2, 0.25) is 0 Å². The lowest BCUT2D eigenvalue weighted by Gasteiger charge is -2.12. The second kappa shape index (κ2) is 11.0. The molecule has 0 N–H and O–H groups in total. The van der Waals surface area contributed by atoms with Gasteiger partial charge in [0.05, 0.1) is 11.0 Å². The number of benzene rings is 8. The lowest BCUT2D eigenvalue weighted by Crippen LogP contribution is -2.01. The Balaban J connectivity index is 1.18. The second-order valence-corrected chi connectivity index (χ2v) is 12.5. The van der Waals surface area contributed by atoms with E-state index in [1.54, 1.807) is 0 Å². The highest BCUT2D eigenvalue weighted by Gasteiger charge is 2.17. The molecule has 2 aromatic heterocycles. The summed E-state index contributed by atoms with van der Waals surface area (Å²) in [6, 6.07) is 59.9. The smallest absolute Gasteiger partial charge is 0.164 e. The molecule has 0 unspecified atom stereocenters. The maximum Gasteiger partial charge on any atom is 0.164 e. The zero-order chi connectivity index (χ0) is 32.3. The van der Waals surface area contributed by atoms with Crippen molar-refractivity contribution in [3.05, 3.63) is 170 Å². The van der Waals surface area contributed by atoms with Gasteiger partial charge in [-0.15, -0.1) is 0 Å². The average molecular weight is 625 g/mol. The van der Waals surface area contributed by atoms with Crippen LogP contribution in [0.25, 0.3) is 94.0 Å². The molecule has 4 heteroatoms. The van der Waals surface area contributed by atoms with Gasteiger partial charge >= 0.3 is 0 Å². The summed E-state index contributed by atoms with van der Waals surface area (Å²) in [6.45, 7) is 0. The highest BCUT2D eigenvalue weighted by atomic mass is 15.0. The average Bonchev–Trinajstić information content (AvgIpc) is 3.49. The molecule has 49 heavy (non-hydrogen) atoms. The van der Waals surface area contributed by atoms with Crippen LogP contribution in [0.5, 0.6) is 0 Å². The van der Waals surface area contributed by atoms with Crippen molar-refractivity contribution in [1.82, 2.24) is 19.5 Å². The van der Waals surface area contributed by atoms with Gasteiger partial charge in [-0.3, -0.25) is 0 Å². The number of para-hydroxylation sites is 1. The van der Waals surface area contributed by atoms with Crippen molar-refractivity contribution < 1.29 is 0 Å². The van der Waals surface area contributed by atoms with E-state index in [-0.39, 0.29) is 0 Å². The lowest BCUT2D eigenvalue weighted by atomic mass is 10.1. The summed E-state index contributed by atoms with van der Waals surface area (Å²) in [7, 11) is 0. The van der Waals surface area contributed by atoms with Crippen molar-refractivity contribution in [3.8, 4) is 39.9 Å². The van der Waals surface area contributed by atoms with Gasteiger partial charge in [0.2, 0.25) is 0 Å². The topological polar surface area (TPSA) is 43.6 Å². The van der Waals surface area contributed by atoms with E-state index in [4.69, 9.17) is 15.0 Å². The third-order valence-corrected chi connectivity index (χ3v) is 9.55. The quantitative estimate of drug-likeness (QED) is 0.196. The number of hydrogen-bond acceptors (Lipinski definition) is 3. The van der Waals surface area contributed by atoms with Crippen LogP contribution < -0.4 is 0 Å². The van der Waals surface area contributed by atoms with E-state index >= 15 is 0 Å². The number of aromatic nitrogens is 4. The van der Waals surface area contributed by atoms with Gasteiger partial charge in [-0.2, -0.15) is 0 Å². The van der Waals surface area contributed by atoms with Crippen molar-refractivity contribution in [3.63, 3.8) is 0 Å². The van der Waals surface area contributed by atoms with Crippen LogP contribution in [0.3, 0.4) is 0 Å². The molecule has 8 aromatic carbocycles. The lowest BCUT2D eigenvalue weighted by molar-refractivity contribution is 1.07. The molecule has 0 spiro atoms. The minimum absolute atomic E-state index is 0.634. The molecular formula is C45H28N4. The van der Waals surface area contributed by atoms with Crippen LogP contribution in [0.1, 0.15) is 0 Å². The second-order valence-electron chi connectivity index (χ2n) is 12.5. The van der Waals surface area contributed by atoms with Crippen LogP contribution in [-0.2, 0) is 0 Å². The third-order valence-electron chi connectivity index (χ3n) is 9.55. The fraction of sp³-hybridized carbons (Fsp3) is 0. The van der Waals surface area contributed by atoms with E-state index in [1.165, 1.54) is 37.8 Å². The van der Waals surface area contributed by atoms with Gasteiger partial charge in [-0.25, -0.2) is 15.0 Å². The largest absolute Gasteiger partial charge is 0.309 e. The Kier molecular flexibility index (Phi) is 6.15. The molecule has 2 heterocycles. The zero-order valence-corrected chi connectivity index (χ0v) is 26.5. The fourth-order valence-electron chi connectivity index (χ4n) is 7.14. The summed E-state index contributed by atoms with van der Waals surface area (Å²) in [5.41, 5.74) is 6.22. The monoisotopic (exact) mass is 624 g/mol. The standard InChI is InChI=1S/C45H28N4/c1-3-12-31-24-36(22-20-29(31)10-1)44-46-43(47-45(48-44)37-23-21-30-11-2-4-13-32(30)25-37)35-16-9-17-38(26-35)49-41-19-8-7-18-39(41)40-27-33-14-5-6-15-34(33)28-42(40)49/h1-28H. The van der Waals surface area contributed by atoms with E-state index in [0.29, 0.717) is 17.5 Å². The Hall–Kier alpha value is -6.65. The summed E-state index contributed by atoms with van der Waals surface area (Å²) >= 11 is 0. The molecule has 0 atom stereocenters. The van der Waals surface area contributed by atoms with Gasteiger partial charge in [0.25, 0.3) is 0 Å². The van der Waals surface area contributed by atoms with Crippen molar-refractivity contribution >= 4 is 54.1 Å². The molecular weight excluding hydrogens is 597 g/mol. The minimum Gasteiger partial charge on any atom is -0.309 e. The molecule has 0 aliphatic carbocycles. The Labute approximate surface area is 282 Å². The van der Waals surface area contributed by atoms with Gasteiger partial charge in [0.1, 0.15) is 0 Å². The molecule has 0 bridgehead atoms. The summed E-state index contributed by atoms with van der Waals surface area (Å²) in [6.07, 6.45) is 0. The summed E-state index contributed by atoms with van der Waals surface area (Å²) < 4.78 is 2.36. The molecule has 228 valence electrons. The minimum atomic E-state index is 0.634. The van der Waals surface area contributed by atoms with Crippen molar-refractivity contribution in [1.29, 1.82) is 0 Å². The van der Waals surface area contributed by atoms with E-state index < -0.39 is 0 Å². The summed E-state index contributed by atoms with van der Waals surface area (Å²) in [5.74, 6) is 1.93. The highest BCUT2D eigenvalue weighted by Crippen LogP contribution is 2.36. The van der Waals surface area contributed by atoms with Crippen molar-refractivity contribution in [2.45, 2.75) is 0 Å². The Morgan fingerprint density at radius 3 is 1.41 bits per heavy atom. The molecule has 4 nitrogen and oxygen atoms in total. The first-order chi connectivity index (χ1) is 24.2. The Morgan fingerprint density at radius 1 is 0.306 bits per heavy atom. The van der Waals surface area contributed by atoms with E-state index in [0.717, 1.165) is 38.7 Å². The molecule has 10 rings (SSSR count). The molecule has 0 fully saturated rings. The molecule has 0 radical (unpaired) electrons. The van der Waals surface area contributed by atoms with Gasteiger partial charge < -0.3 is 4.57 Å². The van der Waals surface area contributed by atoms with Crippen LogP contribution >= 0.6 is 0 Å². The first-order valence-electron chi connectivity index (χ1n) is 16.5. The van der Waals surface area contributed by atoms with Crippen LogP contribution in [-0.4, -0.2) is 19.5 Å². The number of fused-ring (bicyclic) bond motifs is 6. The van der Waals surface area contributed by atoms with Gasteiger partial charge in [-0.05, 0) is 74.8 Å². The summed E-state index contributed by atoms with van der Waals surface area (Å²) in [5, 5.41) is 9.57. The van der Waals surface area contributed by atoms with Crippen LogP contribution in [0, 0.1) is 0 Å². The first kappa shape index (κ1) is 27.5. The van der Waals surface area contributed by atoms with Gasteiger partial charge in [-0.1, -0.05) is 127 Å². The van der Waals surface area contributed by atoms with Gasteiger partial charge in [0, 0.05) is 33.2 Å². The normalized spacial score (nSPS) is 11.7. The molecule has 0 saturated carbocycles. The molecule has 10 aromatic rings. The predicted molar refractivity (Wildman–Crippen MR) is 203 cm³/mol. The molecule has 0 saturated heterocycles. The van der Waals surface area contributed by atoms with Crippen molar-refractivity contribution in [2.24, 2.45) is 0 Å². The number of nitrogens with zero attached hydrogens (tertiary/aromatic N) is 4. The molecule has 0 aliphatic heterocycles. The molecule has 0 amide bonds. The maximum atomic E-state index is 5.13. The highest BCUT2D eigenvalue weighted by molar-refractivity contribution is 6.13. The zero-order valence-electron chi connectivity index (χ0n) is 26.5. The predicted octanol–water partition coefficient (Wildman–Crippen LogP) is 11.4. The SMILES string of the molecule is c1cc(-c2nc(-c3ccc4ccccc4c3)nc(-c3ccc4ccccc4c3)n2)cc(-n2c3ccccc3c3cc4ccccc4cc32)c1. The molecule has 0 aliphatic rings. The van der Waals surface area contributed by atoms with Crippen LogP contribution in [0.4, 0.5) is 0 Å². The number of hydrogen-bond donors (Lipinski definition) is 0. The summed E-state index contributed by atoms with van der Waals surface area (Å²) in [4.78, 5) is 15.3. The van der Waals surface area contributed by atoms with E-state index in [1.807, 2.05) is 0 Å². The first-order valence-corrected chi connectivity index (χ1v) is 16.5. The van der Waals surface area contributed by atoms with E-state index in [9.17, 15) is 0 Å². The Morgan fingerprint density at radius 2 is 0.796 bits per heavy atom. The maximum absolute atomic E-state index is 5.13. The number of rotatable bonds is 4. The van der Waals surface area contributed by atoms with Gasteiger partial charge in [0.15, 0.2) is 17.5 Å². The third kappa shape index (κ3) is 4.65. The van der Waals surface area contributed by atoms with E-state index in [2.05, 4.69) is 174 Å². The van der Waals surface area contributed by atoms with Crippen LogP contribution in [0.15, 0.2) is 170 Å². The Bertz CT molecular complexity index is 2800. The van der Waals surface area contributed by atoms with Crippen molar-refractivity contribution in [2.75, 3.05) is 0 Å². The fourth-order valence-corrected chi connectivity index (χ4v) is 7.14.